The third kappa shape index (κ3) is 12.8. The quantitative estimate of drug-likeness (QED) is 0.262. The van der Waals surface area contributed by atoms with Crippen molar-refractivity contribution in [2.75, 3.05) is 36.2 Å². The Balaban J connectivity index is 3.07. The second-order valence-corrected chi connectivity index (χ2v) is 6.44. The van der Waals surface area contributed by atoms with Gasteiger partial charge in [-0.3, -0.25) is 9.59 Å². The zero-order valence-electron chi connectivity index (χ0n) is 10.0. The van der Waals surface area contributed by atoms with Gasteiger partial charge in [-0.25, -0.2) is 0 Å². The van der Waals surface area contributed by atoms with Crippen LogP contribution in [0.15, 0.2) is 0 Å². The summed E-state index contributed by atoms with van der Waals surface area (Å²) < 4.78 is 9.74. The largest absolute Gasteiger partial charge is 0.465 e. The van der Waals surface area contributed by atoms with Crippen molar-refractivity contribution >= 4 is 58.8 Å². The molecule has 0 spiro atoms. The fourth-order valence-electron chi connectivity index (χ4n) is 0.817. The molecule has 0 bridgehead atoms. The van der Waals surface area contributed by atoms with Crippen LogP contribution >= 0.6 is 46.8 Å². The molecule has 0 heterocycles. The number of thiol groups is 2. The number of hydrogen-bond donors (Lipinski definition) is 2. The molecule has 0 aliphatic rings. The van der Waals surface area contributed by atoms with E-state index in [1.54, 1.807) is 21.6 Å². The molecule has 8 heteroatoms. The average Bonchev–Trinajstić information content (AvgIpc) is 2.40. The molecule has 0 aromatic carbocycles. The van der Waals surface area contributed by atoms with Gasteiger partial charge in [0.2, 0.25) is 0 Å². The van der Waals surface area contributed by atoms with Crippen molar-refractivity contribution in [3.8, 4) is 0 Å². The molecule has 0 amide bonds. The van der Waals surface area contributed by atoms with Crippen LogP contribution in [0.25, 0.3) is 0 Å². The lowest BCUT2D eigenvalue weighted by molar-refractivity contribution is -0.141. The Kier molecular flexibility index (Phi) is 14.0. The summed E-state index contributed by atoms with van der Waals surface area (Å²) in [6, 6.07) is 0. The summed E-state index contributed by atoms with van der Waals surface area (Å²) in [7, 11) is 3.46. The first kappa shape index (κ1) is 18.3. The Morgan fingerprint density at radius 1 is 0.833 bits per heavy atom. The highest BCUT2D eigenvalue weighted by Gasteiger charge is 1.99. The Labute approximate surface area is 127 Å². The van der Waals surface area contributed by atoms with Crippen molar-refractivity contribution < 1.29 is 19.1 Å². The number of rotatable bonds is 11. The van der Waals surface area contributed by atoms with E-state index >= 15 is 0 Å². The second-order valence-electron chi connectivity index (χ2n) is 3.11. The van der Waals surface area contributed by atoms with Crippen LogP contribution in [0, 0.1) is 0 Å². The van der Waals surface area contributed by atoms with Gasteiger partial charge in [-0.1, -0.05) is 21.6 Å². The Morgan fingerprint density at radius 3 is 1.56 bits per heavy atom. The minimum atomic E-state index is -0.276. The van der Waals surface area contributed by atoms with Gasteiger partial charge in [0.1, 0.15) is 0 Å². The number of ether oxygens (including phenoxy) is 2. The van der Waals surface area contributed by atoms with Crippen LogP contribution in [0.3, 0.4) is 0 Å². The van der Waals surface area contributed by atoms with Crippen LogP contribution in [0.5, 0.6) is 0 Å². The summed E-state index contributed by atoms with van der Waals surface area (Å²) in [6.45, 7) is 0.902. The molecule has 0 unspecified atom stereocenters. The highest BCUT2D eigenvalue weighted by Crippen LogP contribution is 2.22. The topological polar surface area (TPSA) is 52.6 Å². The molecule has 106 valence electrons. The summed E-state index contributed by atoms with van der Waals surface area (Å²) in [4.78, 5) is 21.5. The van der Waals surface area contributed by atoms with Crippen LogP contribution in [-0.2, 0) is 19.1 Å². The van der Waals surface area contributed by atoms with Crippen LogP contribution < -0.4 is 0 Å². The second kappa shape index (κ2) is 13.8. The van der Waals surface area contributed by atoms with Gasteiger partial charge in [-0.05, 0) is 12.8 Å². The van der Waals surface area contributed by atoms with E-state index in [2.05, 4.69) is 25.3 Å². The fourth-order valence-corrected chi connectivity index (χ4v) is 3.12. The lowest BCUT2D eigenvalue weighted by Crippen LogP contribution is -2.07. The minimum Gasteiger partial charge on any atom is -0.465 e. The summed E-state index contributed by atoms with van der Waals surface area (Å²) >= 11 is 7.61. The highest BCUT2D eigenvalue weighted by atomic mass is 33.1. The molecule has 0 saturated carbocycles. The summed E-state index contributed by atoms with van der Waals surface area (Å²) in [6.07, 6.45) is 1.68. The van der Waals surface area contributed by atoms with E-state index in [1.807, 2.05) is 0 Å². The maximum Gasteiger partial charge on any atom is 0.315 e. The smallest absolute Gasteiger partial charge is 0.315 e. The molecule has 0 radical (unpaired) electrons. The van der Waals surface area contributed by atoms with Gasteiger partial charge < -0.3 is 9.47 Å². The average molecular weight is 331 g/mol. The molecule has 0 aliphatic carbocycles. The monoisotopic (exact) mass is 330 g/mol. The maximum absolute atomic E-state index is 10.7. The molecule has 4 nitrogen and oxygen atoms in total. The molecule has 18 heavy (non-hydrogen) atoms. The Morgan fingerprint density at radius 2 is 1.22 bits per heavy atom. The molecule has 0 atom stereocenters. The Hall–Kier alpha value is 0.340. The zero-order chi connectivity index (χ0) is 13.6. The Bertz CT molecular complexity index is 214. The van der Waals surface area contributed by atoms with E-state index < -0.39 is 0 Å². The molecule has 0 saturated heterocycles. The van der Waals surface area contributed by atoms with E-state index in [0.29, 0.717) is 13.2 Å². The van der Waals surface area contributed by atoms with Crippen molar-refractivity contribution in [1.82, 2.24) is 0 Å². The molecular formula is C10H18O4S4. The van der Waals surface area contributed by atoms with E-state index in [9.17, 15) is 9.59 Å². The minimum absolute atomic E-state index is 0.132. The number of carbonyl (C=O) groups excluding carboxylic acids is 2. The maximum atomic E-state index is 10.7. The van der Waals surface area contributed by atoms with Gasteiger partial charge in [-0.15, -0.1) is 0 Å². The normalized spacial score (nSPS) is 10.1. The number of esters is 2. The van der Waals surface area contributed by atoms with Gasteiger partial charge >= 0.3 is 11.9 Å². The van der Waals surface area contributed by atoms with E-state index in [0.717, 1.165) is 24.3 Å². The standard InChI is InChI=1S/C10H18O4S4/c11-9(7-15)13-3-1-5-17-18-6-2-4-14-10(12)8-16/h15-16H,1-8H2. The first-order chi connectivity index (χ1) is 8.70. The molecule has 0 fully saturated rings. The van der Waals surface area contributed by atoms with Crippen molar-refractivity contribution in [2.45, 2.75) is 12.8 Å². The lowest BCUT2D eigenvalue weighted by atomic mass is 10.5. The first-order valence-electron chi connectivity index (χ1n) is 5.48. The molecule has 0 aliphatic heterocycles. The summed E-state index contributed by atoms with van der Waals surface area (Å²) in [5.74, 6) is 1.57. The first-order valence-corrected chi connectivity index (χ1v) is 9.23. The van der Waals surface area contributed by atoms with Crippen LogP contribution in [0.1, 0.15) is 12.8 Å². The number of carbonyl (C=O) groups is 2. The van der Waals surface area contributed by atoms with Gasteiger partial charge in [0.25, 0.3) is 0 Å². The van der Waals surface area contributed by atoms with Crippen molar-refractivity contribution in [1.29, 1.82) is 0 Å². The summed E-state index contributed by atoms with van der Waals surface area (Å²) in [5.41, 5.74) is 0. The van der Waals surface area contributed by atoms with Gasteiger partial charge in [0.05, 0.1) is 24.7 Å². The molecule has 0 rings (SSSR count). The van der Waals surface area contributed by atoms with Gasteiger partial charge in [0.15, 0.2) is 0 Å². The zero-order valence-corrected chi connectivity index (χ0v) is 13.4. The van der Waals surface area contributed by atoms with E-state index in [-0.39, 0.29) is 23.4 Å². The third-order valence-electron chi connectivity index (χ3n) is 1.61. The number of hydrogen-bond acceptors (Lipinski definition) is 8. The van der Waals surface area contributed by atoms with Crippen molar-refractivity contribution in [3.63, 3.8) is 0 Å². The summed E-state index contributed by atoms with van der Waals surface area (Å²) in [5, 5.41) is 0. The predicted molar refractivity (Wildman–Crippen MR) is 83.8 cm³/mol. The van der Waals surface area contributed by atoms with Gasteiger partial charge in [-0.2, -0.15) is 25.3 Å². The van der Waals surface area contributed by atoms with E-state index in [1.165, 1.54) is 0 Å². The van der Waals surface area contributed by atoms with Crippen LogP contribution in [-0.4, -0.2) is 48.2 Å². The van der Waals surface area contributed by atoms with Gasteiger partial charge in [0, 0.05) is 11.5 Å². The lowest BCUT2D eigenvalue weighted by Gasteiger charge is -2.04. The molecule has 0 aromatic heterocycles. The third-order valence-corrected chi connectivity index (χ3v) is 4.71. The van der Waals surface area contributed by atoms with Crippen LogP contribution in [0.4, 0.5) is 0 Å². The SMILES string of the molecule is O=C(CS)OCCCSSCCCOC(=O)CS. The van der Waals surface area contributed by atoms with Crippen LogP contribution in [0.2, 0.25) is 0 Å². The molecular weight excluding hydrogens is 312 g/mol. The van der Waals surface area contributed by atoms with Crippen molar-refractivity contribution in [3.05, 3.63) is 0 Å². The predicted octanol–water partition coefficient (Wildman–Crippen LogP) is 2.09. The highest BCUT2D eigenvalue weighted by molar-refractivity contribution is 8.76. The van der Waals surface area contributed by atoms with Crippen molar-refractivity contribution in [2.24, 2.45) is 0 Å². The van der Waals surface area contributed by atoms with E-state index in [4.69, 9.17) is 9.47 Å². The fraction of sp³-hybridized carbons (Fsp3) is 0.800. The molecule has 0 N–H and O–H groups in total. The molecule has 0 aromatic rings.